The van der Waals surface area contributed by atoms with E-state index in [0.29, 0.717) is 6.04 Å². The predicted molar refractivity (Wildman–Crippen MR) is 87.0 cm³/mol. The van der Waals surface area contributed by atoms with Gasteiger partial charge in [-0.25, -0.2) is 0 Å². The van der Waals surface area contributed by atoms with Gasteiger partial charge in [-0.05, 0) is 49.4 Å². The second kappa shape index (κ2) is 7.44. The first-order valence-corrected chi connectivity index (χ1v) is 8.28. The van der Waals surface area contributed by atoms with E-state index < -0.39 is 0 Å². The normalized spacial score (nSPS) is 23.5. The van der Waals surface area contributed by atoms with E-state index >= 15 is 0 Å². The minimum Gasteiger partial charge on any atom is -0.326 e. The second-order valence-corrected chi connectivity index (χ2v) is 6.42. The Balaban J connectivity index is 2.23. The highest BCUT2D eigenvalue weighted by Gasteiger charge is 2.29. The lowest BCUT2D eigenvalue weighted by Gasteiger charge is -2.41. The molecular formula is C17H27ClN2. The lowest BCUT2D eigenvalue weighted by atomic mass is 9.90. The summed E-state index contributed by atoms with van der Waals surface area (Å²) < 4.78 is 0. The van der Waals surface area contributed by atoms with Gasteiger partial charge in [0.1, 0.15) is 0 Å². The van der Waals surface area contributed by atoms with Crippen LogP contribution < -0.4 is 5.73 Å². The smallest absolute Gasteiger partial charge is 0.0499 e. The van der Waals surface area contributed by atoms with Crippen molar-refractivity contribution in [2.24, 2.45) is 11.7 Å². The Morgan fingerprint density at radius 3 is 2.85 bits per heavy atom. The van der Waals surface area contributed by atoms with E-state index in [4.69, 9.17) is 17.3 Å². The molecule has 3 atom stereocenters. The van der Waals surface area contributed by atoms with E-state index in [1.807, 2.05) is 12.1 Å². The van der Waals surface area contributed by atoms with Crippen molar-refractivity contribution in [1.82, 2.24) is 4.90 Å². The molecule has 0 aromatic heterocycles. The maximum atomic E-state index is 6.43. The van der Waals surface area contributed by atoms with Gasteiger partial charge in [0.25, 0.3) is 0 Å². The lowest BCUT2D eigenvalue weighted by Crippen LogP contribution is -2.45. The fourth-order valence-electron chi connectivity index (χ4n) is 3.33. The Bertz CT molecular complexity index is 421. The summed E-state index contributed by atoms with van der Waals surface area (Å²) in [6.45, 7) is 6.79. The molecule has 1 fully saturated rings. The van der Waals surface area contributed by atoms with Gasteiger partial charge in [-0.15, -0.1) is 0 Å². The molecule has 0 saturated carbocycles. The van der Waals surface area contributed by atoms with Crippen LogP contribution in [0.4, 0.5) is 0 Å². The second-order valence-electron chi connectivity index (χ2n) is 5.98. The van der Waals surface area contributed by atoms with E-state index in [-0.39, 0.29) is 6.04 Å². The third-order valence-electron chi connectivity index (χ3n) is 4.59. The Hall–Kier alpha value is -0.570. The number of likely N-dealkylation sites (tertiary alicyclic amines) is 1. The molecule has 2 N–H and O–H groups in total. The quantitative estimate of drug-likeness (QED) is 0.880. The van der Waals surface area contributed by atoms with Gasteiger partial charge < -0.3 is 5.73 Å². The van der Waals surface area contributed by atoms with E-state index in [1.165, 1.54) is 31.4 Å². The van der Waals surface area contributed by atoms with Crippen molar-refractivity contribution in [3.63, 3.8) is 0 Å². The van der Waals surface area contributed by atoms with Gasteiger partial charge in [0.05, 0.1) is 0 Å². The van der Waals surface area contributed by atoms with Gasteiger partial charge in [-0.3, -0.25) is 4.90 Å². The van der Waals surface area contributed by atoms with Crippen LogP contribution in [0.3, 0.4) is 0 Å². The molecule has 2 rings (SSSR count). The molecule has 3 unspecified atom stereocenters. The van der Waals surface area contributed by atoms with Crippen LogP contribution in [0.15, 0.2) is 24.3 Å². The standard InChI is InChI=1S/C17H27ClN2/c1-3-13-7-6-10-20(12-13)17(16(19)4-2)14-8-5-9-15(18)11-14/h5,8-9,11,13,16-17H,3-4,6-7,10,12,19H2,1-2H3. The third kappa shape index (κ3) is 3.75. The number of nitrogens with zero attached hydrogens (tertiary/aromatic N) is 1. The van der Waals surface area contributed by atoms with E-state index in [0.717, 1.165) is 23.9 Å². The molecule has 1 heterocycles. The predicted octanol–water partition coefficient (Wildman–Crippen LogP) is 4.24. The van der Waals surface area contributed by atoms with Crippen molar-refractivity contribution in [3.05, 3.63) is 34.9 Å². The molecule has 3 heteroatoms. The van der Waals surface area contributed by atoms with Crippen molar-refractivity contribution in [2.45, 2.75) is 51.6 Å². The first kappa shape index (κ1) is 15.8. The average molecular weight is 295 g/mol. The Morgan fingerprint density at radius 2 is 2.20 bits per heavy atom. The van der Waals surface area contributed by atoms with Crippen molar-refractivity contribution < 1.29 is 0 Å². The molecule has 1 saturated heterocycles. The number of hydrogen-bond donors (Lipinski definition) is 1. The van der Waals surface area contributed by atoms with Gasteiger partial charge in [-0.1, -0.05) is 44.0 Å². The molecule has 1 aliphatic rings. The summed E-state index contributed by atoms with van der Waals surface area (Å²) in [7, 11) is 0. The van der Waals surface area contributed by atoms with Crippen LogP contribution in [-0.2, 0) is 0 Å². The highest BCUT2D eigenvalue weighted by molar-refractivity contribution is 6.30. The third-order valence-corrected chi connectivity index (χ3v) is 4.82. The molecule has 112 valence electrons. The van der Waals surface area contributed by atoms with Gasteiger partial charge in [-0.2, -0.15) is 0 Å². The number of piperidine rings is 1. The molecule has 1 aromatic rings. The number of nitrogens with two attached hydrogens (primary N) is 1. The zero-order valence-electron chi connectivity index (χ0n) is 12.7. The largest absolute Gasteiger partial charge is 0.326 e. The monoisotopic (exact) mass is 294 g/mol. The number of halogens is 1. The lowest BCUT2D eigenvalue weighted by molar-refractivity contribution is 0.104. The fraction of sp³-hybridized carbons (Fsp3) is 0.647. The van der Waals surface area contributed by atoms with Crippen LogP contribution in [0.5, 0.6) is 0 Å². The summed E-state index contributed by atoms with van der Waals surface area (Å²) in [5.74, 6) is 0.814. The molecule has 1 aromatic carbocycles. The molecule has 1 aliphatic heterocycles. The first-order valence-electron chi connectivity index (χ1n) is 7.90. The Kier molecular flexibility index (Phi) is 5.88. The van der Waals surface area contributed by atoms with Crippen LogP contribution in [-0.4, -0.2) is 24.0 Å². The van der Waals surface area contributed by atoms with Crippen molar-refractivity contribution in [1.29, 1.82) is 0 Å². The number of rotatable bonds is 5. The SMILES string of the molecule is CCC1CCCN(C(c2cccc(Cl)c2)C(N)CC)C1. The number of benzene rings is 1. The highest BCUT2D eigenvalue weighted by atomic mass is 35.5. The van der Waals surface area contributed by atoms with E-state index in [2.05, 4.69) is 30.9 Å². The van der Waals surface area contributed by atoms with E-state index in [1.54, 1.807) is 0 Å². The van der Waals surface area contributed by atoms with Crippen molar-refractivity contribution >= 4 is 11.6 Å². The maximum Gasteiger partial charge on any atom is 0.0499 e. The van der Waals surface area contributed by atoms with Crippen molar-refractivity contribution in [2.75, 3.05) is 13.1 Å². The van der Waals surface area contributed by atoms with Crippen LogP contribution in [0, 0.1) is 5.92 Å². The van der Waals surface area contributed by atoms with Crippen molar-refractivity contribution in [3.8, 4) is 0 Å². The Labute approximate surface area is 128 Å². The zero-order valence-corrected chi connectivity index (χ0v) is 13.4. The molecule has 0 aliphatic carbocycles. The molecule has 0 bridgehead atoms. The van der Waals surface area contributed by atoms with Crippen LogP contribution in [0.2, 0.25) is 5.02 Å². The summed E-state index contributed by atoms with van der Waals surface area (Å²) >= 11 is 6.17. The van der Waals surface area contributed by atoms with Gasteiger partial charge in [0.2, 0.25) is 0 Å². The van der Waals surface area contributed by atoms with Gasteiger partial charge in [0.15, 0.2) is 0 Å². The minimum atomic E-state index is 0.170. The summed E-state index contributed by atoms with van der Waals surface area (Å²) in [6, 6.07) is 8.69. The molecule has 0 radical (unpaired) electrons. The van der Waals surface area contributed by atoms with Crippen LogP contribution in [0.1, 0.15) is 51.1 Å². The van der Waals surface area contributed by atoms with Crippen LogP contribution in [0.25, 0.3) is 0 Å². The highest BCUT2D eigenvalue weighted by Crippen LogP contribution is 2.31. The topological polar surface area (TPSA) is 29.3 Å². The van der Waals surface area contributed by atoms with Crippen LogP contribution >= 0.6 is 11.6 Å². The maximum absolute atomic E-state index is 6.43. The summed E-state index contributed by atoms with van der Waals surface area (Å²) in [5.41, 5.74) is 7.70. The fourth-order valence-corrected chi connectivity index (χ4v) is 3.52. The molecular weight excluding hydrogens is 268 g/mol. The number of hydrogen-bond acceptors (Lipinski definition) is 2. The first-order chi connectivity index (χ1) is 9.65. The Morgan fingerprint density at radius 1 is 1.40 bits per heavy atom. The zero-order chi connectivity index (χ0) is 14.5. The summed E-state index contributed by atoms with van der Waals surface area (Å²) in [5, 5.41) is 0.805. The summed E-state index contributed by atoms with van der Waals surface area (Å²) in [4.78, 5) is 2.58. The minimum absolute atomic E-state index is 0.170. The molecule has 20 heavy (non-hydrogen) atoms. The summed E-state index contributed by atoms with van der Waals surface area (Å²) in [6.07, 6.45) is 4.90. The average Bonchev–Trinajstić information content (AvgIpc) is 2.47. The van der Waals surface area contributed by atoms with Gasteiger partial charge in [0, 0.05) is 23.7 Å². The molecule has 0 spiro atoms. The van der Waals surface area contributed by atoms with Gasteiger partial charge >= 0.3 is 0 Å². The molecule has 2 nitrogen and oxygen atoms in total. The van der Waals surface area contributed by atoms with E-state index in [9.17, 15) is 0 Å². The molecule has 0 amide bonds.